The average Bonchev–Trinajstić information content (AvgIpc) is 3.08. The molecule has 0 aliphatic heterocycles. The van der Waals surface area contributed by atoms with Crippen LogP contribution in [0, 0.1) is 0 Å². The van der Waals surface area contributed by atoms with E-state index in [4.69, 9.17) is 4.84 Å². The van der Waals surface area contributed by atoms with Crippen molar-refractivity contribution in [3.05, 3.63) is 52.6 Å². The van der Waals surface area contributed by atoms with E-state index < -0.39 is 5.97 Å². The maximum Gasteiger partial charge on any atom is 0.331 e. The Kier molecular flexibility index (Phi) is 8.22. The van der Waals surface area contributed by atoms with Gasteiger partial charge >= 0.3 is 5.97 Å². The molecular formula is C28H37NO3. The third-order valence-corrected chi connectivity index (χ3v) is 6.70. The first-order valence-electron chi connectivity index (χ1n) is 12.3. The number of hydrogen-bond donors (Lipinski definition) is 0. The molecule has 0 amide bonds. The van der Waals surface area contributed by atoms with Crippen molar-refractivity contribution in [2.45, 2.75) is 97.3 Å². The van der Waals surface area contributed by atoms with Gasteiger partial charge in [0.1, 0.15) is 5.71 Å². The van der Waals surface area contributed by atoms with E-state index in [0.717, 1.165) is 44.9 Å². The Labute approximate surface area is 192 Å². The second-order valence-electron chi connectivity index (χ2n) is 9.06. The molecule has 1 aromatic carbocycles. The number of Topliss-reactive ketones (excluding diaryl/α,β-unsaturated/α-hetero) is 1. The summed E-state index contributed by atoms with van der Waals surface area (Å²) in [6.07, 6.45) is 15.1. The van der Waals surface area contributed by atoms with E-state index in [9.17, 15) is 9.59 Å². The summed E-state index contributed by atoms with van der Waals surface area (Å²) >= 11 is 0. The van der Waals surface area contributed by atoms with Crippen LogP contribution in [-0.4, -0.2) is 17.5 Å². The van der Waals surface area contributed by atoms with E-state index in [1.165, 1.54) is 42.0 Å². The largest absolute Gasteiger partial charge is 0.331 e. The number of ketones is 1. The molecule has 0 saturated carbocycles. The molecule has 172 valence electrons. The number of allylic oxidation sites excluding steroid dienone is 4. The van der Waals surface area contributed by atoms with Gasteiger partial charge in [0, 0.05) is 17.9 Å². The highest BCUT2D eigenvalue weighted by Crippen LogP contribution is 2.56. The minimum atomic E-state index is -0.513. The zero-order valence-electron chi connectivity index (χ0n) is 20.1. The van der Waals surface area contributed by atoms with Gasteiger partial charge in [0.2, 0.25) is 5.78 Å². The lowest BCUT2D eigenvalue weighted by molar-refractivity contribution is -0.140. The monoisotopic (exact) mass is 435 g/mol. The average molecular weight is 436 g/mol. The van der Waals surface area contributed by atoms with Crippen LogP contribution in [-0.2, 0) is 15.0 Å². The first kappa shape index (κ1) is 24.2. The highest BCUT2D eigenvalue weighted by Gasteiger charge is 2.45. The predicted molar refractivity (Wildman–Crippen MR) is 131 cm³/mol. The predicted octanol–water partition coefficient (Wildman–Crippen LogP) is 7.32. The van der Waals surface area contributed by atoms with Crippen molar-refractivity contribution in [3.63, 3.8) is 0 Å². The quantitative estimate of drug-likeness (QED) is 0.158. The fourth-order valence-electron chi connectivity index (χ4n) is 5.19. The molecule has 0 radical (unpaired) electrons. The third-order valence-electron chi connectivity index (χ3n) is 6.70. The lowest BCUT2D eigenvalue weighted by Crippen LogP contribution is -2.26. The second kappa shape index (κ2) is 10.9. The van der Waals surface area contributed by atoms with Crippen LogP contribution in [0.1, 0.15) is 113 Å². The van der Waals surface area contributed by atoms with Crippen molar-refractivity contribution >= 4 is 23.0 Å². The molecule has 3 rings (SSSR count). The molecule has 0 spiro atoms. The van der Waals surface area contributed by atoms with Crippen LogP contribution >= 0.6 is 0 Å². The van der Waals surface area contributed by atoms with Crippen molar-refractivity contribution in [2.24, 2.45) is 5.16 Å². The number of carbonyl (C=O) groups is 2. The van der Waals surface area contributed by atoms with Gasteiger partial charge in [-0.3, -0.25) is 4.79 Å². The Morgan fingerprint density at radius 3 is 2.31 bits per heavy atom. The number of fused-ring (bicyclic) bond motifs is 3. The number of rotatable bonds is 11. The zero-order chi connectivity index (χ0) is 23.1. The first-order chi connectivity index (χ1) is 15.5. The molecule has 0 N–H and O–H groups in total. The highest BCUT2D eigenvalue weighted by molar-refractivity contribution is 6.46. The van der Waals surface area contributed by atoms with Gasteiger partial charge in [-0.15, -0.1) is 0 Å². The Bertz CT molecular complexity index is 943. The topological polar surface area (TPSA) is 55.7 Å². The van der Waals surface area contributed by atoms with Gasteiger partial charge < -0.3 is 4.84 Å². The maximum atomic E-state index is 13.3. The summed E-state index contributed by atoms with van der Waals surface area (Å²) in [7, 11) is 0. The van der Waals surface area contributed by atoms with E-state index in [2.05, 4.69) is 43.3 Å². The van der Waals surface area contributed by atoms with Gasteiger partial charge in [0.25, 0.3) is 0 Å². The summed E-state index contributed by atoms with van der Waals surface area (Å²) in [5, 5.41) is 3.89. The smallest absolute Gasteiger partial charge is 0.318 e. The molecule has 0 fully saturated rings. The number of benzene rings is 1. The molecule has 0 unspecified atom stereocenters. The van der Waals surface area contributed by atoms with Gasteiger partial charge in [-0.2, -0.15) is 0 Å². The van der Waals surface area contributed by atoms with Crippen LogP contribution in [0.5, 0.6) is 0 Å². The van der Waals surface area contributed by atoms with E-state index in [1.54, 1.807) is 0 Å². The van der Waals surface area contributed by atoms with Crippen molar-refractivity contribution in [1.29, 1.82) is 0 Å². The Balaban J connectivity index is 2.10. The number of nitrogens with zero attached hydrogens (tertiary/aromatic N) is 1. The minimum absolute atomic E-state index is 0.0121. The molecule has 0 atom stereocenters. The molecule has 2 aliphatic carbocycles. The summed E-state index contributed by atoms with van der Waals surface area (Å²) in [5.41, 5.74) is 6.38. The Hall–Kier alpha value is -2.49. The minimum Gasteiger partial charge on any atom is -0.318 e. The van der Waals surface area contributed by atoms with Crippen molar-refractivity contribution in [1.82, 2.24) is 0 Å². The number of hydrogen-bond acceptors (Lipinski definition) is 4. The number of unbranched alkanes of at least 4 members (excludes halogenated alkanes) is 2. The summed E-state index contributed by atoms with van der Waals surface area (Å²) < 4.78 is 0. The SMILES string of the molecule is CCCCC1(CCCC)C2=CCCC=C2c2ccc(C(=O)/C(CCC)=N/OC(C)=O)cc21. The molecule has 0 bridgehead atoms. The van der Waals surface area contributed by atoms with Crippen LogP contribution in [0.25, 0.3) is 5.57 Å². The molecule has 0 heterocycles. The normalized spacial score (nSPS) is 16.7. The molecule has 4 heteroatoms. The zero-order valence-corrected chi connectivity index (χ0v) is 20.1. The molecule has 0 aromatic heterocycles. The molecule has 2 aliphatic rings. The fraction of sp³-hybridized carbons (Fsp3) is 0.536. The van der Waals surface area contributed by atoms with Crippen molar-refractivity contribution in [2.75, 3.05) is 0 Å². The Morgan fingerprint density at radius 2 is 1.69 bits per heavy atom. The summed E-state index contributed by atoms with van der Waals surface area (Å²) in [6, 6.07) is 6.16. The van der Waals surface area contributed by atoms with E-state index in [1.807, 2.05) is 13.0 Å². The van der Waals surface area contributed by atoms with Gasteiger partial charge in [0.15, 0.2) is 0 Å². The lowest BCUT2D eigenvalue weighted by Gasteiger charge is -2.34. The molecular weight excluding hydrogens is 398 g/mol. The molecule has 32 heavy (non-hydrogen) atoms. The number of oxime groups is 1. The summed E-state index contributed by atoms with van der Waals surface area (Å²) in [6.45, 7) is 7.78. The van der Waals surface area contributed by atoms with E-state index in [-0.39, 0.29) is 11.2 Å². The number of carbonyl (C=O) groups excluding carboxylic acids is 2. The van der Waals surface area contributed by atoms with Gasteiger partial charge in [0.05, 0.1) is 0 Å². The van der Waals surface area contributed by atoms with Crippen LogP contribution < -0.4 is 0 Å². The van der Waals surface area contributed by atoms with Crippen molar-refractivity contribution in [3.8, 4) is 0 Å². The van der Waals surface area contributed by atoms with Gasteiger partial charge in [-0.1, -0.05) is 82.3 Å². The van der Waals surface area contributed by atoms with Gasteiger partial charge in [-0.25, -0.2) is 4.79 Å². The second-order valence-corrected chi connectivity index (χ2v) is 9.06. The maximum absolute atomic E-state index is 13.3. The van der Waals surface area contributed by atoms with Crippen LogP contribution in [0.3, 0.4) is 0 Å². The van der Waals surface area contributed by atoms with Crippen molar-refractivity contribution < 1.29 is 14.4 Å². The van der Waals surface area contributed by atoms with Gasteiger partial charge in [-0.05, 0) is 60.4 Å². The fourth-order valence-corrected chi connectivity index (χ4v) is 5.19. The standard InChI is InChI=1S/C28H37NO3/c1-5-8-17-28(18-9-6-2)24-14-11-10-13-22(24)23-16-15-21(19-25(23)28)27(31)26(12-7-3)29-32-20(4)30/h13-16,19H,5-12,17-18H2,1-4H3/b29-26+. The van der Waals surface area contributed by atoms with Crippen LogP contribution in [0.15, 0.2) is 41.1 Å². The summed E-state index contributed by atoms with van der Waals surface area (Å²) in [4.78, 5) is 29.4. The van der Waals surface area contributed by atoms with E-state index in [0.29, 0.717) is 17.7 Å². The first-order valence-corrected chi connectivity index (χ1v) is 12.3. The van der Waals surface area contributed by atoms with E-state index >= 15 is 0 Å². The molecule has 0 saturated heterocycles. The lowest BCUT2D eigenvalue weighted by atomic mass is 9.69. The molecule has 4 nitrogen and oxygen atoms in total. The molecule has 1 aromatic rings. The third kappa shape index (κ3) is 4.79. The highest BCUT2D eigenvalue weighted by atomic mass is 16.7. The van der Waals surface area contributed by atoms with Crippen LogP contribution in [0.4, 0.5) is 0 Å². The summed E-state index contributed by atoms with van der Waals surface area (Å²) in [5.74, 6) is -0.657. The Morgan fingerprint density at radius 1 is 1.00 bits per heavy atom. The van der Waals surface area contributed by atoms with Crippen LogP contribution in [0.2, 0.25) is 0 Å².